The van der Waals surface area contributed by atoms with E-state index in [1.165, 1.54) is 11.0 Å². The first kappa shape index (κ1) is 13.4. The largest absolute Gasteiger partial charge is 0.392 e. The maximum Gasteiger partial charge on any atom is 0.165 e. The summed E-state index contributed by atoms with van der Waals surface area (Å²) in [5, 5.41) is 33.9. The Morgan fingerprint density at radius 2 is 2.10 bits per heavy atom. The highest BCUT2D eigenvalue weighted by atomic mass is 79.9. The van der Waals surface area contributed by atoms with Gasteiger partial charge in [0.05, 0.1) is 12.0 Å². The average molecular weight is 342 g/mol. The lowest BCUT2D eigenvalue weighted by Gasteiger charge is -2.17. The zero-order valence-electron chi connectivity index (χ0n) is 10.2. The standard InChI is InChI=1S/C11H12BrN5O3/c12-9-6-10(13)14-3-15-11(6)17(16-9)5-1-4(2-18)7(19)8(5)20/h1,3,5,7-8,18-20H,2H2,(H2,13,14,15)/t5-,7-,8+/m1/s1. The molecule has 0 radical (unpaired) electrons. The van der Waals surface area contributed by atoms with E-state index in [9.17, 15) is 10.2 Å². The molecule has 3 atom stereocenters. The molecule has 2 aromatic heterocycles. The summed E-state index contributed by atoms with van der Waals surface area (Å²) in [6.07, 6.45) is 0.647. The zero-order chi connectivity index (χ0) is 14.4. The monoisotopic (exact) mass is 341 g/mol. The van der Waals surface area contributed by atoms with Gasteiger partial charge in [0.25, 0.3) is 0 Å². The third-order valence-corrected chi connectivity index (χ3v) is 3.93. The second-order valence-electron chi connectivity index (χ2n) is 4.52. The topological polar surface area (TPSA) is 130 Å². The van der Waals surface area contributed by atoms with Crippen molar-refractivity contribution in [2.24, 2.45) is 0 Å². The van der Waals surface area contributed by atoms with Crippen molar-refractivity contribution in [1.82, 2.24) is 19.7 Å². The van der Waals surface area contributed by atoms with Crippen molar-refractivity contribution in [2.45, 2.75) is 18.2 Å². The van der Waals surface area contributed by atoms with Crippen LogP contribution in [-0.4, -0.2) is 53.9 Å². The number of nitrogen functional groups attached to an aromatic ring is 1. The Bertz CT molecular complexity index is 701. The van der Waals surface area contributed by atoms with Gasteiger partial charge < -0.3 is 21.1 Å². The van der Waals surface area contributed by atoms with Crippen LogP contribution >= 0.6 is 15.9 Å². The molecule has 2 heterocycles. The van der Waals surface area contributed by atoms with Gasteiger partial charge in [-0.1, -0.05) is 6.08 Å². The quantitative estimate of drug-likeness (QED) is 0.534. The fraction of sp³-hybridized carbons (Fsp3) is 0.364. The van der Waals surface area contributed by atoms with Gasteiger partial charge in [0.1, 0.15) is 35.0 Å². The minimum Gasteiger partial charge on any atom is -0.392 e. The molecule has 1 aliphatic rings. The summed E-state index contributed by atoms with van der Waals surface area (Å²) in [5.41, 5.74) is 6.57. The predicted molar refractivity (Wildman–Crippen MR) is 73.7 cm³/mol. The van der Waals surface area contributed by atoms with Gasteiger partial charge in [-0.15, -0.1) is 0 Å². The fourth-order valence-electron chi connectivity index (χ4n) is 2.34. The Labute approximate surface area is 121 Å². The highest BCUT2D eigenvalue weighted by Gasteiger charge is 2.37. The third kappa shape index (κ3) is 1.82. The van der Waals surface area contributed by atoms with Crippen molar-refractivity contribution in [3.8, 4) is 0 Å². The number of rotatable bonds is 2. The molecule has 8 nitrogen and oxygen atoms in total. The number of anilines is 1. The highest BCUT2D eigenvalue weighted by molar-refractivity contribution is 9.10. The highest BCUT2D eigenvalue weighted by Crippen LogP contribution is 2.34. The van der Waals surface area contributed by atoms with Crippen molar-refractivity contribution in [2.75, 3.05) is 12.3 Å². The van der Waals surface area contributed by atoms with Crippen LogP contribution in [0.1, 0.15) is 6.04 Å². The molecular weight excluding hydrogens is 330 g/mol. The van der Waals surface area contributed by atoms with Gasteiger partial charge in [-0.05, 0) is 21.5 Å². The van der Waals surface area contributed by atoms with Crippen molar-refractivity contribution in [3.63, 3.8) is 0 Å². The lowest BCUT2D eigenvalue weighted by atomic mass is 10.1. The van der Waals surface area contributed by atoms with Crippen LogP contribution in [-0.2, 0) is 0 Å². The molecule has 106 valence electrons. The van der Waals surface area contributed by atoms with E-state index >= 15 is 0 Å². The van der Waals surface area contributed by atoms with E-state index in [0.29, 0.717) is 21.2 Å². The van der Waals surface area contributed by atoms with Crippen LogP contribution < -0.4 is 5.73 Å². The second kappa shape index (κ2) is 4.77. The van der Waals surface area contributed by atoms with E-state index in [-0.39, 0.29) is 12.4 Å². The molecule has 0 saturated heterocycles. The molecule has 0 aromatic carbocycles. The van der Waals surface area contributed by atoms with Crippen LogP contribution in [0.2, 0.25) is 0 Å². The predicted octanol–water partition coefficient (Wildman–Crippen LogP) is -0.634. The normalized spacial score (nSPS) is 26.2. The average Bonchev–Trinajstić information content (AvgIpc) is 2.90. The molecule has 0 aliphatic heterocycles. The van der Waals surface area contributed by atoms with E-state index in [4.69, 9.17) is 10.8 Å². The van der Waals surface area contributed by atoms with Gasteiger partial charge in [-0.25, -0.2) is 14.6 Å². The zero-order valence-corrected chi connectivity index (χ0v) is 11.8. The molecule has 0 amide bonds. The number of aromatic nitrogens is 4. The number of nitrogens with two attached hydrogens (primary N) is 1. The van der Waals surface area contributed by atoms with Crippen molar-refractivity contribution < 1.29 is 15.3 Å². The number of hydrogen-bond acceptors (Lipinski definition) is 7. The van der Waals surface area contributed by atoms with Gasteiger partial charge in [0, 0.05) is 0 Å². The molecule has 0 saturated carbocycles. The molecular formula is C11H12BrN5O3. The number of aliphatic hydroxyl groups is 3. The van der Waals surface area contributed by atoms with Crippen molar-refractivity contribution in [1.29, 1.82) is 0 Å². The van der Waals surface area contributed by atoms with E-state index in [0.717, 1.165) is 0 Å². The van der Waals surface area contributed by atoms with Gasteiger partial charge in [-0.2, -0.15) is 5.10 Å². The molecule has 0 unspecified atom stereocenters. The summed E-state index contributed by atoms with van der Waals surface area (Å²) in [4.78, 5) is 8.00. The van der Waals surface area contributed by atoms with Gasteiger partial charge in [0.2, 0.25) is 0 Å². The van der Waals surface area contributed by atoms with Gasteiger partial charge in [0.15, 0.2) is 5.65 Å². The van der Waals surface area contributed by atoms with Crippen LogP contribution in [0, 0.1) is 0 Å². The third-order valence-electron chi connectivity index (χ3n) is 3.38. The second-order valence-corrected chi connectivity index (χ2v) is 5.27. The van der Waals surface area contributed by atoms with Gasteiger partial charge in [-0.3, -0.25) is 0 Å². The molecule has 0 bridgehead atoms. The molecule has 2 aromatic rings. The Kier molecular flexibility index (Phi) is 3.21. The Morgan fingerprint density at radius 3 is 2.75 bits per heavy atom. The van der Waals surface area contributed by atoms with Crippen LogP contribution in [0.4, 0.5) is 5.82 Å². The summed E-state index contributed by atoms with van der Waals surface area (Å²) in [6, 6.07) is -0.629. The summed E-state index contributed by atoms with van der Waals surface area (Å²) >= 11 is 3.28. The number of nitrogens with zero attached hydrogens (tertiary/aromatic N) is 4. The molecule has 3 rings (SSSR count). The first-order valence-electron chi connectivity index (χ1n) is 5.86. The number of halogens is 1. The van der Waals surface area contributed by atoms with Crippen molar-refractivity contribution in [3.05, 3.63) is 22.6 Å². The summed E-state index contributed by atoms with van der Waals surface area (Å²) in [6.45, 7) is -0.327. The lowest BCUT2D eigenvalue weighted by molar-refractivity contribution is 0.0264. The van der Waals surface area contributed by atoms with E-state index in [2.05, 4.69) is 31.0 Å². The maximum absolute atomic E-state index is 10.1. The van der Waals surface area contributed by atoms with Crippen LogP contribution in [0.25, 0.3) is 11.0 Å². The van der Waals surface area contributed by atoms with Crippen molar-refractivity contribution >= 4 is 32.8 Å². The van der Waals surface area contributed by atoms with E-state index < -0.39 is 18.2 Å². The molecule has 0 fully saturated rings. The Morgan fingerprint density at radius 1 is 1.35 bits per heavy atom. The Balaban J connectivity index is 2.17. The number of aliphatic hydroxyl groups excluding tert-OH is 3. The molecule has 5 N–H and O–H groups in total. The summed E-state index contributed by atoms with van der Waals surface area (Å²) in [7, 11) is 0. The minimum atomic E-state index is -1.12. The fourth-order valence-corrected chi connectivity index (χ4v) is 2.90. The molecule has 20 heavy (non-hydrogen) atoms. The van der Waals surface area contributed by atoms with Crippen LogP contribution in [0.5, 0.6) is 0 Å². The molecule has 9 heteroatoms. The lowest BCUT2D eigenvalue weighted by Crippen LogP contribution is -2.30. The van der Waals surface area contributed by atoms with E-state index in [1.54, 1.807) is 6.08 Å². The summed E-state index contributed by atoms with van der Waals surface area (Å²) < 4.78 is 1.91. The maximum atomic E-state index is 10.1. The van der Waals surface area contributed by atoms with Crippen LogP contribution in [0.15, 0.2) is 22.6 Å². The van der Waals surface area contributed by atoms with Gasteiger partial charge >= 0.3 is 0 Å². The Hall–Kier alpha value is -1.55. The number of fused-ring (bicyclic) bond motifs is 1. The first-order chi connectivity index (χ1) is 9.54. The molecule has 1 aliphatic carbocycles. The number of hydrogen-bond donors (Lipinski definition) is 4. The first-order valence-corrected chi connectivity index (χ1v) is 6.65. The SMILES string of the molecule is Nc1ncnc2c1c(Br)nn2[C@@H]1C=C(CO)[C@@H](O)[C@H]1O. The van der Waals surface area contributed by atoms with Crippen LogP contribution in [0.3, 0.4) is 0 Å². The minimum absolute atomic E-state index is 0.271. The summed E-state index contributed by atoms with van der Waals surface area (Å²) in [5.74, 6) is 0.271. The molecule has 0 spiro atoms. The smallest absolute Gasteiger partial charge is 0.165 e. The van der Waals surface area contributed by atoms with E-state index in [1.807, 2.05) is 0 Å².